The van der Waals surface area contributed by atoms with Gasteiger partial charge in [0.05, 0.1) is 22.8 Å². The summed E-state index contributed by atoms with van der Waals surface area (Å²) in [5.41, 5.74) is -1.25. The maximum Gasteiger partial charge on any atom is 0.418 e. The van der Waals surface area contributed by atoms with Crippen molar-refractivity contribution in [3.8, 4) is 5.75 Å². The number of benzene rings is 2. The van der Waals surface area contributed by atoms with E-state index in [9.17, 15) is 27.9 Å². The zero-order valence-electron chi connectivity index (χ0n) is 13.5. The number of likely N-dealkylation sites (N-methyl/N-ethyl adjacent to an activating group) is 1. The van der Waals surface area contributed by atoms with Gasteiger partial charge in [-0.2, -0.15) is 13.2 Å². The van der Waals surface area contributed by atoms with Crippen LogP contribution < -0.4 is 5.32 Å². The number of phenolic OH excluding ortho intramolecular Hbond substituents is 1. The van der Waals surface area contributed by atoms with Crippen LogP contribution in [0.15, 0.2) is 42.5 Å². The van der Waals surface area contributed by atoms with Crippen molar-refractivity contribution in [2.24, 2.45) is 0 Å². The van der Waals surface area contributed by atoms with E-state index in [4.69, 9.17) is 11.6 Å². The smallest absolute Gasteiger partial charge is 0.418 e. The first-order chi connectivity index (χ1) is 12.1. The molecular weight excluding hydrogens is 373 g/mol. The van der Waals surface area contributed by atoms with Crippen LogP contribution in [0.3, 0.4) is 0 Å². The van der Waals surface area contributed by atoms with Gasteiger partial charge in [-0.3, -0.25) is 9.59 Å². The summed E-state index contributed by atoms with van der Waals surface area (Å²) in [5.74, 6) is -1.57. The van der Waals surface area contributed by atoms with Crippen molar-refractivity contribution in [2.75, 3.05) is 18.9 Å². The molecule has 2 N–H and O–H groups in total. The Morgan fingerprint density at radius 1 is 1.19 bits per heavy atom. The van der Waals surface area contributed by atoms with E-state index in [-0.39, 0.29) is 16.3 Å². The molecule has 2 aromatic rings. The maximum atomic E-state index is 12.9. The quantitative estimate of drug-likeness (QED) is 0.840. The molecule has 0 aliphatic rings. The summed E-state index contributed by atoms with van der Waals surface area (Å²) in [6, 6.07) is 8.32. The van der Waals surface area contributed by atoms with Crippen molar-refractivity contribution in [3.05, 3.63) is 58.6 Å². The number of halogens is 4. The Balaban J connectivity index is 2.08. The lowest BCUT2D eigenvalue weighted by Gasteiger charge is -2.18. The van der Waals surface area contributed by atoms with Crippen LogP contribution >= 0.6 is 11.6 Å². The zero-order chi connectivity index (χ0) is 19.5. The fraction of sp³-hybridized carbons (Fsp3) is 0.176. The Morgan fingerprint density at radius 2 is 1.85 bits per heavy atom. The highest BCUT2D eigenvalue weighted by atomic mass is 35.5. The van der Waals surface area contributed by atoms with Crippen LogP contribution in [0.2, 0.25) is 5.02 Å². The first-order valence-corrected chi connectivity index (χ1v) is 7.67. The lowest BCUT2D eigenvalue weighted by atomic mass is 10.1. The molecule has 0 heterocycles. The number of rotatable bonds is 4. The second kappa shape index (κ2) is 7.65. The van der Waals surface area contributed by atoms with E-state index in [0.29, 0.717) is 0 Å². The molecule has 0 fully saturated rings. The van der Waals surface area contributed by atoms with Crippen molar-refractivity contribution in [1.82, 2.24) is 4.90 Å². The van der Waals surface area contributed by atoms with Crippen LogP contribution in [-0.2, 0) is 11.0 Å². The van der Waals surface area contributed by atoms with Gasteiger partial charge >= 0.3 is 6.18 Å². The molecule has 0 bridgehead atoms. The number of anilines is 1. The minimum atomic E-state index is -4.62. The first-order valence-electron chi connectivity index (χ1n) is 7.29. The van der Waals surface area contributed by atoms with Gasteiger partial charge in [-0.1, -0.05) is 23.7 Å². The normalized spacial score (nSPS) is 11.1. The minimum Gasteiger partial charge on any atom is -0.506 e. The van der Waals surface area contributed by atoms with Crippen LogP contribution in [0.5, 0.6) is 5.75 Å². The monoisotopic (exact) mass is 386 g/mol. The molecule has 0 aromatic heterocycles. The molecule has 5 nitrogen and oxygen atoms in total. The van der Waals surface area contributed by atoms with E-state index < -0.39 is 35.8 Å². The highest BCUT2D eigenvalue weighted by molar-refractivity contribution is 6.32. The Hall–Kier alpha value is -2.74. The van der Waals surface area contributed by atoms with Gasteiger partial charge in [0.2, 0.25) is 5.91 Å². The van der Waals surface area contributed by atoms with Gasteiger partial charge in [0.25, 0.3) is 5.91 Å². The molecule has 26 heavy (non-hydrogen) atoms. The predicted molar refractivity (Wildman–Crippen MR) is 90.2 cm³/mol. The number of carbonyl (C=O) groups is 2. The van der Waals surface area contributed by atoms with E-state index in [1.807, 2.05) is 0 Å². The molecule has 0 unspecified atom stereocenters. The summed E-state index contributed by atoms with van der Waals surface area (Å²) < 4.78 is 38.8. The summed E-state index contributed by atoms with van der Waals surface area (Å²) in [6.07, 6.45) is -4.62. The Labute approximate surface area is 152 Å². The predicted octanol–water partition coefficient (Wildman–Crippen LogP) is 3.78. The third-order valence-corrected chi connectivity index (χ3v) is 3.73. The molecule has 0 aliphatic carbocycles. The van der Waals surface area contributed by atoms with E-state index in [0.717, 1.165) is 17.0 Å². The Kier molecular flexibility index (Phi) is 5.76. The van der Waals surface area contributed by atoms with Crippen LogP contribution in [0.4, 0.5) is 18.9 Å². The van der Waals surface area contributed by atoms with E-state index in [1.54, 1.807) is 0 Å². The first kappa shape index (κ1) is 19.6. The number of alkyl halides is 3. The second-order valence-electron chi connectivity index (χ2n) is 5.42. The molecule has 0 radical (unpaired) electrons. The second-order valence-corrected chi connectivity index (χ2v) is 5.83. The van der Waals surface area contributed by atoms with Gasteiger partial charge < -0.3 is 15.3 Å². The summed E-state index contributed by atoms with van der Waals surface area (Å²) in [4.78, 5) is 25.3. The summed E-state index contributed by atoms with van der Waals surface area (Å²) in [5, 5.41) is 11.5. The fourth-order valence-electron chi connectivity index (χ4n) is 2.18. The molecule has 0 saturated carbocycles. The van der Waals surface area contributed by atoms with E-state index in [1.165, 1.54) is 37.4 Å². The van der Waals surface area contributed by atoms with Gasteiger partial charge in [-0.05, 0) is 30.3 Å². The van der Waals surface area contributed by atoms with Gasteiger partial charge in [-0.25, -0.2) is 0 Å². The minimum absolute atomic E-state index is 0.0344. The summed E-state index contributed by atoms with van der Waals surface area (Å²) >= 11 is 5.73. The molecule has 2 amide bonds. The number of para-hydroxylation sites is 1. The number of hydrogen-bond donors (Lipinski definition) is 2. The van der Waals surface area contributed by atoms with Crippen molar-refractivity contribution in [2.45, 2.75) is 6.18 Å². The SMILES string of the molecule is CN(CC(=O)Nc1ccccc1C(F)(F)F)C(=O)c1ccc(O)c(Cl)c1. The number of nitrogens with one attached hydrogen (secondary N) is 1. The fourth-order valence-corrected chi connectivity index (χ4v) is 2.36. The maximum absolute atomic E-state index is 12.9. The Bertz CT molecular complexity index is 840. The standard InChI is InChI=1S/C17H14ClF3N2O3/c1-23(16(26)10-6-7-14(24)12(18)8-10)9-15(25)22-13-5-3-2-4-11(13)17(19,20)21/h2-8,24H,9H2,1H3,(H,22,25). The molecule has 0 atom stereocenters. The number of hydrogen-bond acceptors (Lipinski definition) is 3. The van der Waals surface area contributed by atoms with Crippen molar-refractivity contribution in [3.63, 3.8) is 0 Å². The van der Waals surface area contributed by atoms with Gasteiger partial charge in [-0.15, -0.1) is 0 Å². The zero-order valence-corrected chi connectivity index (χ0v) is 14.2. The average Bonchev–Trinajstić information content (AvgIpc) is 2.56. The Morgan fingerprint density at radius 3 is 2.46 bits per heavy atom. The van der Waals surface area contributed by atoms with E-state index in [2.05, 4.69) is 5.32 Å². The average molecular weight is 387 g/mol. The summed E-state index contributed by atoms with van der Waals surface area (Å²) in [7, 11) is 1.32. The van der Waals surface area contributed by atoms with Crippen LogP contribution in [0, 0.1) is 0 Å². The molecule has 2 rings (SSSR count). The molecule has 2 aromatic carbocycles. The number of phenols is 1. The van der Waals surface area contributed by atoms with Crippen LogP contribution in [0.1, 0.15) is 15.9 Å². The van der Waals surface area contributed by atoms with E-state index >= 15 is 0 Å². The molecule has 0 aliphatic heterocycles. The largest absolute Gasteiger partial charge is 0.506 e. The lowest BCUT2D eigenvalue weighted by molar-refractivity contribution is -0.137. The lowest BCUT2D eigenvalue weighted by Crippen LogP contribution is -2.35. The van der Waals surface area contributed by atoms with Crippen molar-refractivity contribution in [1.29, 1.82) is 0 Å². The number of aromatic hydroxyl groups is 1. The van der Waals surface area contributed by atoms with Crippen molar-refractivity contribution < 1.29 is 27.9 Å². The van der Waals surface area contributed by atoms with Gasteiger partial charge in [0.15, 0.2) is 0 Å². The van der Waals surface area contributed by atoms with Gasteiger partial charge in [0.1, 0.15) is 5.75 Å². The van der Waals surface area contributed by atoms with Crippen LogP contribution in [0.25, 0.3) is 0 Å². The molecular formula is C17H14ClF3N2O3. The van der Waals surface area contributed by atoms with Gasteiger partial charge in [0, 0.05) is 12.6 Å². The number of carbonyl (C=O) groups excluding carboxylic acids is 2. The highest BCUT2D eigenvalue weighted by Gasteiger charge is 2.33. The third-order valence-electron chi connectivity index (χ3n) is 3.43. The number of amides is 2. The molecule has 9 heteroatoms. The number of nitrogens with zero attached hydrogens (tertiary/aromatic N) is 1. The molecule has 138 valence electrons. The molecule has 0 saturated heterocycles. The molecule has 0 spiro atoms. The van der Waals surface area contributed by atoms with Crippen molar-refractivity contribution >= 4 is 29.1 Å². The third kappa shape index (κ3) is 4.66. The van der Waals surface area contributed by atoms with Crippen LogP contribution in [-0.4, -0.2) is 35.4 Å². The highest BCUT2D eigenvalue weighted by Crippen LogP contribution is 2.34. The summed E-state index contributed by atoms with van der Waals surface area (Å²) in [6.45, 7) is -0.469. The topological polar surface area (TPSA) is 69.6 Å².